The topological polar surface area (TPSA) is 78.3 Å². The van der Waals surface area contributed by atoms with Crippen LogP contribution in [-0.4, -0.2) is 24.0 Å². The molecule has 0 saturated carbocycles. The van der Waals surface area contributed by atoms with E-state index in [0.717, 1.165) is 5.56 Å². The van der Waals surface area contributed by atoms with Gasteiger partial charge in [-0.25, -0.2) is 4.68 Å². The molecule has 146 valence electrons. The van der Waals surface area contributed by atoms with Gasteiger partial charge in [0.1, 0.15) is 10.5 Å². The lowest BCUT2D eigenvalue weighted by molar-refractivity contribution is 0.103. The molecule has 0 N–H and O–H groups in total. The Balaban J connectivity index is 2.08. The van der Waals surface area contributed by atoms with E-state index in [-0.39, 0.29) is 26.9 Å². The number of hydrogen-bond donors (Lipinski definition) is 0. The van der Waals surface area contributed by atoms with E-state index in [2.05, 4.69) is 5.10 Å². The first-order valence-electron chi connectivity index (χ1n) is 8.14. The number of nitrogens with zero attached hydrogens (tertiary/aromatic N) is 2. The molecular formula is C19H16Cl2N2O4S. The minimum atomic E-state index is -4.17. The fourth-order valence-electron chi connectivity index (χ4n) is 2.73. The summed E-state index contributed by atoms with van der Waals surface area (Å²) in [7, 11) is -2.67. The number of hydrogen-bond acceptors (Lipinski definition) is 5. The fraction of sp³-hybridized carbons (Fsp3) is 0.158. The molecule has 28 heavy (non-hydrogen) atoms. The van der Waals surface area contributed by atoms with Crippen LogP contribution in [0.1, 0.15) is 27.2 Å². The molecule has 0 radical (unpaired) electrons. The first-order valence-corrected chi connectivity index (χ1v) is 10.3. The van der Waals surface area contributed by atoms with Crippen molar-refractivity contribution in [3.63, 3.8) is 0 Å². The molecule has 0 unspecified atom stereocenters. The average Bonchev–Trinajstić information content (AvgIpc) is 2.87. The van der Waals surface area contributed by atoms with E-state index in [9.17, 15) is 13.2 Å². The van der Waals surface area contributed by atoms with Crippen LogP contribution in [0.5, 0.6) is 5.88 Å². The van der Waals surface area contributed by atoms with Gasteiger partial charge in [-0.3, -0.25) is 4.79 Å². The van der Waals surface area contributed by atoms with E-state index in [0.29, 0.717) is 10.7 Å². The van der Waals surface area contributed by atoms with E-state index in [1.54, 1.807) is 26.0 Å². The highest BCUT2D eigenvalue weighted by Crippen LogP contribution is 2.31. The molecule has 9 heteroatoms. The molecule has 0 amide bonds. The molecule has 0 saturated heterocycles. The molecule has 0 spiro atoms. The maximum atomic E-state index is 13.1. The van der Waals surface area contributed by atoms with Gasteiger partial charge in [-0.1, -0.05) is 35.3 Å². The van der Waals surface area contributed by atoms with Gasteiger partial charge in [0.2, 0.25) is 11.7 Å². The normalized spacial score (nSPS) is 11.5. The molecule has 1 heterocycles. The Kier molecular flexibility index (Phi) is 5.52. The quantitative estimate of drug-likeness (QED) is 0.437. The maximum Gasteiger partial charge on any atom is 0.340 e. The van der Waals surface area contributed by atoms with Gasteiger partial charge in [0, 0.05) is 17.6 Å². The van der Waals surface area contributed by atoms with Crippen molar-refractivity contribution in [2.45, 2.75) is 18.7 Å². The Bertz CT molecular complexity index is 1190. The van der Waals surface area contributed by atoms with E-state index in [4.69, 9.17) is 27.4 Å². The fourth-order valence-corrected chi connectivity index (χ4v) is 4.29. The molecule has 0 atom stereocenters. The summed E-state index contributed by atoms with van der Waals surface area (Å²) in [6, 6.07) is 10.7. The lowest BCUT2D eigenvalue weighted by Crippen LogP contribution is -2.15. The molecule has 0 fully saturated rings. The molecule has 2 aromatic carbocycles. The number of carbonyl (C=O) groups is 1. The highest BCUT2D eigenvalue weighted by atomic mass is 35.5. The average molecular weight is 439 g/mol. The molecule has 0 aliphatic carbocycles. The number of halogens is 2. The smallest absolute Gasteiger partial charge is 0.340 e. The van der Waals surface area contributed by atoms with Gasteiger partial charge in [0.15, 0.2) is 0 Å². The van der Waals surface area contributed by atoms with E-state index in [1.807, 2.05) is 0 Å². The molecule has 0 aliphatic heterocycles. The van der Waals surface area contributed by atoms with Crippen LogP contribution >= 0.6 is 23.2 Å². The Morgan fingerprint density at radius 1 is 1.11 bits per heavy atom. The third-order valence-electron chi connectivity index (χ3n) is 4.04. The Hall–Kier alpha value is -2.35. The molecule has 6 nitrogen and oxygen atoms in total. The predicted molar refractivity (Wildman–Crippen MR) is 107 cm³/mol. The monoisotopic (exact) mass is 438 g/mol. The van der Waals surface area contributed by atoms with E-state index in [1.165, 1.54) is 42.1 Å². The molecule has 1 aromatic heterocycles. The summed E-state index contributed by atoms with van der Waals surface area (Å²) in [5, 5.41) is 4.66. The third kappa shape index (κ3) is 3.92. The molecule has 0 bridgehead atoms. The maximum absolute atomic E-state index is 13.1. The van der Waals surface area contributed by atoms with Crippen LogP contribution in [0.3, 0.4) is 0 Å². The van der Waals surface area contributed by atoms with Crippen molar-refractivity contribution in [3.8, 4) is 5.88 Å². The number of aromatic nitrogens is 2. The SMILES string of the molecule is Cc1cccc(S(=O)(=O)Oc2c(C(=O)c3ccc(Cl)cc3Cl)c(C)nn2C)c1. The van der Waals surface area contributed by atoms with Crippen LogP contribution in [-0.2, 0) is 17.2 Å². The summed E-state index contributed by atoms with van der Waals surface area (Å²) in [6.07, 6.45) is 0. The number of rotatable bonds is 5. The van der Waals surface area contributed by atoms with Crippen molar-refractivity contribution in [2.24, 2.45) is 7.05 Å². The van der Waals surface area contributed by atoms with Crippen LogP contribution in [0.15, 0.2) is 47.4 Å². The molecule has 0 aliphatic rings. The standard InChI is InChI=1S/C19H16Cl2N2O4S/c1-11-5-4-6-14(9-11)28(25,26)27-19-17(12(2)22-23(19)3)18(24)15-8-7-13(20)10-16(15)21/h4-10H,1-3H3. The Morgan fingerprint density at radius 2 is 1.82 bits per heavy atom. The zero-order valence-corrected chi connectivity index (χ0v) is 17.6. The first-order chi connectivity index (χ1) is 13.1. The van der Waals surface area contributed by atoms with Crippen molar-refractivity contribution >= 4 is 39.1 Å². The second-order valence-electron chi connectivity index (χ2n) is 6.20. The summed E-state index contributed by atoms with van der Waals surface area (Å²) >= 11 is 12.0. The highest BCUT2D eigenvalue weighted by molar-refractivity contribution is 7.87. The van der Waals surface area contributed by atoms with Crippen LogP contribution in [0.2, 0.25) is 10.0 Å². The summed E-state index contributed by atoms with van der Waals surface area (Å²) in [6.45, 7) is 3.36. The second-order valence-corrected chi connectivity index (χ2v) is 8.59. The van der Waals surface area contributed by atoms with Gasteiger partial charge in [0.25, 0.3) is 0 Å². The summed E-state index contributed by atoms with van der Waals surface area (Å²) in [5.74, 6) is -0.697. The van der Waals surface area contributed by atoms with Gasteiger partial charge in [-0.15, -0.1) is 0 Å². The van der Waals surface area contributed by atoms with Crippen molar-refractivity contribution in [1.29, 1.82) is 0 Å². The lowest BCUT2D eigenvalue weighted by Gasteiger charge is -2.10. The Morgan fingerprint density at radius 3 is 2.46 bits per heavy atom. The highest BCUT2D eigenvalue weighted by Gasteiger charge is 2.29. The minimum absolute atomic E-state index is 0.0166. The van der Waals surface area contributed by atoms with Gasteiger partial charge < -0.3 is 4.18 Å². The number of carbonyl (C=O) groups excluding carboxylic acids is 1. The number of aryl methyl sites for hydroxylation is 3. The second kappa shape index (κ2) is 7.58. The van der Waals surface area contributed by atoms with E-state index < -0.39 is 15.9 Å². The first kappa shape index (κ1) is 20.4. The Labute approximate surface area is 172 Å². The van der Waals surface area contributed by atoms with Gasteiger partial charge in [-0.05, 0) is 49.7 Å². The van der Waals surface area contributed by atoms with Crippen molar-refractivity contribution < 1.29 is 17.4 Å². The molecular weight excluding hydrogens is 423 g/mol. The van der Waals surface area contributed by atoms with Crippen molar-refractivity contribution in [3.05, 3.63) is 74.9 Å². The van der Waals surface area contributed by atoms with E-state index >= 15 is 0 Å². The van der Waals surface area contributed by atoms with Crippen molar-refractivity contribution in [2.75, 3.05) is 0 Å². The van der Waals surface area contributed by atoms with Gasteiger partial charge in [0.05, 0.1) is 10.7 Å². The largest absolute Gasteiger partial charge is 0.358 e. The number of benzene rings is 2. The van der Waals surface area contributed by atoms with Crippen molar-refractivity contribution in [1.82, 2.24) is 9.78 Å². The summed E-state index contributed by atoms with van der Waals surface area (Å²) < 4.78 is 32.0. The summed E-state index contributed by atoms with van der Waals surface area (Å²) in [5.41, 5.74) is 1.26. The number of ketones is 1. The zero-order valence-electron chi connectivity index (χ0n) is 15.2. The van der Waals surface area contributed by atoms with Gasteiger partial charge >= 0.3 is 10.1 Å². The predicted octanol–water partition coefficient (Wildman–Crippen LogP) is 4.34. The molecule has 3 aromatic rings. The zero-order chi connectivity index (χ0) is 20.6. The van der Waals surface area contributed by atoms with Gasteiger partial charge in [-0.2, -0.15) is 13.5 Å². The lowest BCUT2D eigenvalue weighted by atomic mass is 10.0. The van der Waals surface area contributed by atoms with Crippen LogP contribution in [0, 0.1) is 13.8 Å². The molecule has 3 rings (SSSR count). The summed E-state index contributed by atoms with van der Waals surface area (Å²) in [4.78, 5) is 13.0. The van der Waals surface area contributed by atoms with Crippen LogP contribution in [0.25, 0.3) is 0 Å². The minimum Gasteiger partial charge on any atom is -0.358 e. The third-order valence-corrected chi connectivity index (χ3v) is 5.80. The van der Waals surface area contributed by atoms with Crippen LogP contribution in [0.4, 0.5) is 0 Å². The van der Waals surface area contributed by atoms with Crippen LogP contribution < -0.4 is 4.18 Å².